The van der Waals surface area contributed by atoms with Crippen LogP contribution in [0.15, 0.2) is 54.7 Å². The monoisotopic (exact) mass is 436 g/mol. The molecule has 0 aliphatic carbocycles. The minimum atomic E-state index is -0.237. The van der Waals surface area contributed by atoms with Crippen LogP contribution in [0.1, 0.15) is 29.9 Å². The second kappa shape index (κ2) is 9.30. The summed E-state index contributed by atoms with van der Waals surface area (Å²) in [4.78, 5) is 17.5. The lowest BCUT2D eigenvalue weighted by Gasteiger charge is -2.43. The molecule has 2 aromatic carbocycles. The van der Waals surface area contributed by atoms with Gasteiger partial charge in [-0.05, 0) is 48.1 Å². The van der Waals surface area contributed by atoms with E-state index >= 15 is 0 Å². The Morgan fingerprint density at radius 3 is 2.44 bits per heavy atom. The maximum absolute atomic E-state index is 13.7. The summed E-state index contributed by atoms with van der Waals surface area (Å²) in [5.74, 6) is 0.256. The molecule has 6 nitrogen and oxygen atoms in total. The van der Waals surface area contributed by atoms with E-state index in [2.05, 4.69) is 15.0 Å². The number of carbonyl (C=O) groups excluding carboxylic acids is 1. The molecule has 5 rings (SSSR count). The van der Waals surface area contributed by atoms with E-state index in [1.54, 1.807) is 11.0 Å². The van der Waals surface area contributed by atoms with Crippen molar-refractivity contribution in [1.29, 1.82) is 0 Å². The van der Waals surface area contributed by atoms with Gasteiger partial charge >= 0.3 is 6.09 Å². The van der Waals surface area contributed by atoms with Crippen LogP contribution in [0.25, 0.3) is 10.9 Å². The first-order valence-electron chi connectivity index (χ1n) is 11.4. The molecule has 3 aromatic rings. The summed E-state index contributed by atoms with van der Waals surface area (Å²) in [7, 11) is 0. The number of carbonyl (C=O) groups is 1. The molecule has 2 saturated heterocycles. The highest BCUT2D eigenvalue weighted by Gasteiger charge is 2.29. The van der Waals surface area contributed by atoms with Gasteiger partial charge in [0.15, 0.2) is 0 Å². The molecule has 32 heavy (non-hydrogen) atoms. The Bertz CT molecular complexity index is 1050. The van der Waals surface area contributed by atoms with E-state index in [4.69, 9.17) is 4.74 Å². The number of fused-ring (bicyclic) bond motifs is 1. The summed E-state index contributed by atoms with van der Waals surface area (Å²) in [5, 5.41) is 5.79. The number of piperazine rings is 1. The summed E-state index contributed by atoms with van der Waals surface area (Å²) < 4.78 is 19.2. The molecule has 1 amide bonds. The van der Waals surface area contributed by atoms with Crippen molar-refractivity contribution in [2.24, 2.45) is 0 Å². The number of nitrogens with zero attached hydrogens (tertiary/aromatic N) is 3. The van der Waals surface area contributed by atoms with Crippen LogP contribution in [0.3, 0.4) is 0 Å². The van der Waals surface area contributed by atoms with Crippen molar-refractivity contribution in [3.63, 3.8) is 0 Å². The number of benzene rings is 2. The Kier molecular flexibility index (Phi) is 6.10. The second-order valence-electron chi connectivity index (χ2n) is 8.64. The first-order chi connectivity index (χ1) is 15.7. The van der Waals surface area contributed by atoms with Gasteiger partial charge in [-0.2, -0.15) is 0 Å². The summed E-state index contributed by atoms with van der Waals surface area (Å²) in [6, 6.07) is 14.7. The van der Waals surface area contributed by atoms with Crippen molar-refractivity contribution in [2.45, 2.75) is 25.4 Å². The summed E-state index contributed by atoms with van der Waals surface area (Å²) in [6.45, 7) is 5.26. The van der Waals surface area contributed by atoms with Gasteiger partial charge in [-0.3, -0.25) is 0 Å². The first-order valence-corrected chi connectivity index (χ1v) is 11.4. The molecular formula is C25H29FN4O2. The van der Waals surface area contributed by atoms with Crippen LogP contribution in [0.2, 0.25) is 0 Å². The van der Waals surface area contributed by atoms with Crippen molar-refractivity contribution in [3.8, 4) is 0 Å². The van der Waals surface area contributed by atoms with Crippen LogP contribution in [-0.2, 0) is 11.3 Å². The van der Waals surface area contributed by atoms with Gasteiger partial charge in [-0.25, -0.2) is 19.2 Å². The zero-order chi connectivity index (χ0) is 21.9. The Morgan fingerprint density at radius 2 is 1.69 bits per heavy atom. The maximum Gasteiger partial charge on any atom is 0.410 e. The average Bonchev–Trinajstić information content (AvgIpc) is 3.26. The molecule has 1 aromatic heterocycles. The number of aromatic amines is 1. The molecule has 2 aliphatic heterocycles. The summed E-state index contributed by atoms with van der Waals surface area (Å²) in [5.41, 5.74) is 3.23. The zero-order valence-corrected chi connectivity index (χ0v) is 18.2. The smallest absolute Gasteiger partial charge is 0.410 e. The number of H-pyrrole nitrogens is 1. The number of amides is 1. The lowest BCUT2D eigenvalue weighted by Crippen LogP contribution is -2.56. The average molecular weight is 437 g/mol. The standard InChI is InChI=1S/C25H29FN4O2/c26-21-6-7-24-22(16-21)23(17-27-24)20-8-10-29(11-9-20)30-14-12-28(13-15-30)25(31)32-18-19-4-2-1-3-5-19/h1-7,16-17,20,27H,8-15,18H2. The molecule has 2 fully saturated rings. The Morgan fingerprint density at radius 1 is 0.969 bits per heavy atom. The Labute approximate surface area is 187 Å². The molecule has 0 radical (unpaired) electrons. The third-order valence-corrected chi connectivity index (χ3v) is 6.71. The fourth-order valence-corrected chi connectivity index (χ4v) is 4.88. The normalized spacial score (nSPS) is 18.8. The maximum atomic E-state index is 13.7. The van der Waals surface area contributed by atoms with Crippen LogP contribution >= 0.6 is 0 Å². The van der Waals surface area contributed by atoms with E-state index in [1.165, 1.54) is 11.6 Å². The second-order valence-corrected chi connectivity index (χ2v) is 8.64. The molecule has 0 atom stereocenters. The number of nitrogens with one attached hydrogen (secondary N) is 1. The minimum absolute atomic E-state index is 0.184. The van der Waals surface area contributed by atoms with Gasteiger partial charge in [0.2, 0.25) is 0 Å². The molecule has 0 bridgehead atoms. The van der Waals surface area contributed by atoms with E-state index in [0.717, 1.165) is 55.5 Å². The number of hydrazine groups is 1. The van der Waals surface area contributed by atoms with E-state index in [9.17, 15) is 9.18 Å². The van der Waals surface area contributed by atoms with Crippen LogP contribution in [-0.4, -0.2) is 65.3 Å². The highest BCUT2D eigenvalue weighted by molar-refractivity contribution is 5.83. The van der Waals surface area contributed by atoms with Gasteiger partial charge in [0.1, 0.15) is 12.4 Å². The number of ether oxygens (including phenoxy) is 1. The summed E-state index contributed by atoms with van der Waals surface area (Å²) >= 11 is 0. The van der Waals surface area contributed by atoms with Gasteiger partial charge in [-0.15, -0.1) is 0 Å². The van der Waals surface area contributed by atoms with Gasteiger partial charge in [0, 0.05) is 56.4 Å². The number of aromatic nitrogens is 1. The topological polar surface area (TPSA) is 51.8 Å². The van der Waals surface area contributed by atoms with Gasteiger partial charge < -0.3 is 14.6 Å². The number of piperidine rings is 1. The van der Waals surface area contributed by atoms with Crippen LogP contribution in [0.4, 0.5) is 9.18 Å². The van der Waals surface area contributed by atoms with E-state index in [-0.39, 0.29) is 11.9 Å². The van der Waals surface area contributed by atoms with Gasteiger partial charge in [-0.1, -0.05) is 30.3 Å². The third-order valence-electron chi connectivity index (χ3n) is 6.71. The molecule has 168 valence electrons. The Hall–Kier alpha value is -2.90. The molecule has 0 saturated carbocycles. The number of hydrogen-bond acceptors (Lipinski definition) is 4. The molecule has 1 N–H and O–H groups in total. The van der Waals surface area contributed by atoms with Crippen molar-refractivity contribution in [2.75, 3.05) is 39.3 Å². The number of rotatable bonds is 4. The minimum Gasteiger partial charge on any atom is -0.445 e. The van der Waals surface area contributed by atoms with E-state index in [0.29, 0.717) is 25.6 Å². The van der Waals surface area contributed by atoms with Crippen molar-refractivity contribution in [1.82, 2.24) is 19.9 Å². The van der Waals surface area contributed by atoms with Crippen molar-refractivity contribution < 1.29 is 13.9 Å². The fourth-order valence-electron chi connectivity index (χ4n) is 4.88. The van der Waals surface area contributed by atoms with Crippen LogP contribution < -0.4 is 0 Å². The zero-order valence-electron chi connectivity index (χ0n) is 18.2. The fraction of sp³-hybridized carbons (Fsp3) is 0.400. The number of hydrogen-bond donors (Lipinski definition) is 1. The molecule has 7 heteroatoms. The quantitative estimate of drug-likeness (QED) is 0.661. The first kappa shape index (κ1) is 21.0. The third kappa shape index (κ3) is 4.49. The SMILES string of the molecule is O=C(OCc1ccccc1)N1CCN(N2CCC(c3c[nH]c4ccc(F)cc34)CC2)CC1. The van der Waals surface area contributed by atoms with Crippen molar-refractivity contribution >= 4 is 17.0 Å². The van der Waals surface area contributed by atoms with E-state index in [1.807, 2.05) is 42.6 Å². The predicted octanol–water partition coefficient (Wildman–Crippen LogP) is 4.36. The highest BCUT2D eigenvalue weighted by atomic mass is 19.1. The van der Waals surface area contributed by atoms with Crippen molar-refractivity contribution in [3.05, 3.63) is 71.7 Å². The van der Waals surface area contributed by atoms with Gasteiger partial charge in [0.25, 0.3) is 0 Å². The van der Waals surface area contributed by atoms with E-state index < -0.39 is 0 Å². The molecule has 0 unspecified atom stereocenters. The molecule has 3 heterocycles. The molecule has 0 spiro atoms. The van der Waals surface area contributed by atoms with Gasteiger partial charge in [0.05, 0.1) is 0 Å². The highest BCUT2D eigenvalue weighted by Crippen LogP contribution is 2.34. The number of halogens is 1. The molecule has 2 aliphatic rings. The van der Waals surface area contributed by atoms with Crippen LogP contribution in [0, 0.1) is 5.82 Å². The van der Waals surface area contributed by atoms with Crippen LogP contribution in [0.5, 0.6) is 0 Å². The largest absolute Gasteiger partial charge is 0.445 e. The predicted molar refractivity (Wildman–Crippen MR) is 122 cm³/mol. The molecular weight excluding hydrogens is 407 g/mol. The lowest BCUT2D eigenvalue weighted by molar-refractivity contribution is -0.0689. The Balaban J connectivity index is 1.10. The lowest BCUT2D eigenvalue weighted by atomic mass is 9.89. The summed E-state index contributed by atoms with van der Waals surface area (Å²) in [6.07, 6.45) is 3.90.